The Morgan fingerprint density at radius 1 is 1.36 bits per heavy atom. The van der Waals surface area contributed by atoms with Crippen molar-refractivity contribution in [2.24, 2.45) is 0 Å². The maximum Gasteiger partial charge on any atom is 0.274 e. The Bertz CT molecular complexity index is 894. The standard InChI is InChI=1S/C17H19N5O3/c1-10-6-14(18-7-10)16-20-15(21-25-16)12-4-3-5-22(9-12)17(23)13-8-19-24-11(13)2/h6-8,12,18H,3-5,9H2,1-2H3. The average Bonchev–Trinajstić information content (AvgIpc) is 3.35. The highest BCUT2D eigenvalue weighted by Crippen LogP contribution is 2.28. The van der Waals surface area contributed by atoms with Gasteiger partial charge in [0.1, 0.15) is 17.0 Å². The fourth-order valence-electron chi connectivity index (χ4n) is 3.18. The van der Waals surface area contributed by atoms with Crippen LogP contribution in [0.15, 0.2) is 27.5 Å². The van der Waals surface area contributed by atoms with E-state index in [1.165, 1.54) is 6.20 Å². The molecule has 8 heteroatoms. The lowest BCUT2D eigenvalue weighted by atomic mass is 9.97. The van der Waals surface area contributed by atoms with E-state index < -0.39 is 0 Å². The summed E-state index contributed by atoms with van der Waals surface area (Å²) in [6.45, 7) is 5.01. The minimum absolute atomic E-state index is 0.0615. The van der Waals surface area contributed by atoms with Gasteiger partial charge in [-0.2, -0.15) is 4.98 Å². The number of carbonyl (C=O) groups excluding carboxylic acids is 1. The molecule has 1 saturated heterocycles. The lowest BCUT2D eigenvalue weighted by Crippen LogP contribution is -2.39. The molecule has 3 aromatic rings. The molecule has 0 spiro atoms. The van der Waals surface area contributed by atoms with Crippen molar-refractivity contribution < 1.29 is 13.8 Å². The molecule has 0 aliphatic carbocycles. The summed E-state index contributed by atoms with van der Waals surface area (Å²) in [5.41, 5.74) is 2.42. The van der Waals surface area contributed by atoms with Gasteiger partial charge in [-0.15, -0.1) is 0 Å². The van der Waals surface area contributed by atoms with Crippen LogP contribution in [0.2, 0.25) is 0 Å². The number of aromatic amines is 1. The predicted molar refractivity (Wildman–Crippen MR) is 87.9 cm³/mol. The number of H-pyrrole nitrogens is 1. The summed E-state index contributed by atoms with van der Waals surface area (Å²) < 4.78 is 10.4. The second kappa shape index (κ2) is 6.19. The largest absolute Gasteiger partial charge is 0.361 e. The number of aromatic nitrogens is 4. The molecule has 1 unspecified atom stereocenters. The Morgan fingerprint density at radius 3 is 2.96 bits per heavy atom. The zero-order valence-electron chi connectivity index (χ0n) is 14.2. The molecule has 130 valence electrons. The number of amides is 1. The molecular weight excluding hydrogens is 322 g/mol. The van der Waals surface area contributed by atoms with E-state index in [4.69, 9.17) is 9.05 Å². The Kier molecular flexibility index (Phi) is 3.87. The predicted octanol–water partition coefficient (Wildman–Crippen LogP) is 2.69. The summed E-state index contributed by atoms with van der Waals surface area (Å²) in [5.74, 6) is 1.65. The van der Waals surface area contributed by atoms with Crippen molar-refractivity contribution in [2.75, 3.05) is 13.1 Å². The molecular formula is C17H19N5O3. The van der Waals surface area contributed by atoms with Crippen molar-refractivity contribution in [2.45, 2.75) is 32.6 Å². The number of piperidine rings is 1. The fourth-order valence-corrected chi connectivity index (χ4v) is 3.18. The molecule has 1 aliphatic heterocycles. The molecule has 4 rings (SSSR count). The van der Waals surface area contributed by atoms with Crippen molar-refractivity contribution in [1.82, 2.24) is 25.2 Å². The summed E-state index contributed by atoms with van der Waals surface area (Å²) in [4.78, 5) is 22.1. The Morgan fingerprint density at radius 2 is 2.24 bits per heavy atom. The summed E-state index contributed by atoms with van der Waals surface area (Å²) in [7, 11) is 0. The Balaban J connectivity index is 1.51. The zero-order valence-corrected chi connectivity index (χ0v) is 14.2. The van der Waals surface area contributed by atoms with E-state index in [1.54, 1.807) is 6.92 Å². The molecule has 0 bridgehead atoms. The van der Waals surface area contributed by atoms with E-state index in [9.17, 15) is 4.79 Å². The van der Waals surface area contributed by atoms with Gasteiger partial charge in [-0.1, -0.05) is 10.3 Å². The third-order valence-electron chi connectivity index (χ3n) is 4.55. The highest BCUT2D eigenvalue weighted by Gasteiger charge is 2.30. The van der Waals surface area contributed by atoms with Gasteiger partial charge >= 0.3 is 0 Å². The van der Waals surface area contributed by atoms with Crippen LogP contribution in [0.4, 0.5) is 0 Å². The number of nitrogens with zero attached hydrogens (tertiary/aromatic N) is 4. The van der Waals surface area contributed by atoms with Crippen LogP contribution < -0.4 is 0 Å². The number of nitrogens with one attached hydrogen (secondary N) is 1. The van der Waals surface area contributed by atoms with Crippen LogP contribution in [0.3, 0.4) is 0 Å². The number of hydrogen-bond acceptors (Lipinski definition) is 6. The van der Waals surface area contributed by atoms with Gasteiger partial charge in [-0.3, -0.25) is 4.79 Å². The number of carbonyl (C=O) groups is 1. The van der Waals surface area contributed by atoms with Gasteiger partial charge in [0.05, 0.1) is 6.20 Å². The van der Waals surface area contributed by atoms with E-state index in [1.807, 2.05) is 24.1 Å². The first-order valence-corrected chi connectivity index (χ1v) is 8.31. The summed E-state index contributed by atoms with van der Waals surface area (Å²) in [6, 6.07) is 1.96. The van der Waals surface area contributed by atoms with Crippen LogP contribution in [0.1, 0.15) is 46.3 Å². The monoisotopic (exact) mass is 341 g/mol. The first kappa shape index (κ1) is 15.6. The molecule has 0 radical (unpaired) electrons. The molecule has 1 atom stereocenters. The van der Waals surface area contributed by atoms with Crippen molar-refractivity contribution >= 4 is 5.91 Å². The number of likely N-dealkylation sites (tertiary alicyclic amines) is 1. The van der Waals surface area contributed by atoms with Crippen LogP contribution in [-0.4, -0.2) is 44.2 Å². The summed E-state index contributed by atoms with van der Waals surface area (Å²) in [5, 5.41) is 7.81. The topological polar surface area (TPSA) is 101 Å². The highest BCUT2D eigenvalue weighted by atomic mass is 16.5. The van der Waals surface area contributed by atoms with Crippen molar-refractivity contribution in [1.29, 1.82) is 0 Å². The molecule has 0 aromatic carbocycles. The third kappa shape index (κ3) is 2.95. The van der Waals surface area contributed by atoms with Crippen molar-refractivity contribution in [3.8, 4) is 11.6 Å². The summed E-state index contributed by atoms with van der Waals surface area (Å²) >= 11 is 0. The molecule has 3 aromatic heterocycles. The van der Waals surface area contributed by atoms with Gasteiger partial charge in [0.2, 0.25) is 0 Å². The van der Waals surface area contributed by atoms with Crippen molar-refractivity contribution in [3.05, 3.63) is 41.2 Å². The minimum atomic E-state index is -0.0628. The zero-order chi connectivity index (χ0) is 17.4. The SMILES string of the molecule is Cc1c[nH]c(-c2nc(C3CCCN(C(=O)c4cnoc4C)C3)no2)c1. The van der Waals surface area contributed by atoms with E-state index in [2.05, 4.69) is 20.3 Å². The van der Waals surface area contributed by atoms with E-state index in [0.717, 1.165) is 24.1 Å². The fraction of sp³-hybridized carbons (Fsp3) is 0.412. The number of aryl methyl sites for hydroxylation is 2. The first-order chi connectivity index (χ1) is 12.1. The Labute approximate surface area is 144 Å². The number of rotatable bonds is 3. The smallest absolute Gasteiger partial charge is 0.274 e. The molecule has 1 aliphatic rings. The van der Waals surface area contributed by atoms with E-state index >= 15 is 0 Å². The third-order valence-corrected chi connectivity index (χ3v) is 4.55. The highest BCUT2D eigenvalue weighted by molar-refractivity contribution is 5.94. The van der Waals surface area contributed by atoms with Gasteiger partial charge in [0.15, 0.2) is 5.82 Å². The first-order valence-electron chi connectivity index (χ1n) is 8.31. The van der Waals surface area contributed by atoms with Crippen LogP contribution in [0.25, 0.3) is 11.6 Å². The van der Waals surface area contributed by atoms with Crippen LogP contribution >= 0.6 is 0 Å². The molecule has 1 N–H and O–H groups in total. The van der Waals surface area contributed by atoms with Crippen LogP contribution in [-0.2, 0) is 0 Å². The van der Waals surface area contributed by atoms with Gasteiger partial charge in [0, 0.05) is 25.2 Å². The second-order valence-electron chi connectivity index (χ2n) is 6.43. The number of hydrogen-bond donors (Lipinski definition) is 1. The molecule has 1 fully saturated rings. The van der Waals surface area contributed by atoms with Gasteiger partial charge < -0.3 is 18.9 Å². The maximum atomic E-state index is 12.6. The van der Waals surface area contributed by atoms with Crippen molar-refractivity contribution in [3.63, 3.8) is 0 Å². The quantitative estimate of drug-likeness (QED) is 0.786. The van der Waals surface area contributed by atoms with Gasteiger partial charge in [-0.05, 0) is 38.3 Å². The molecule has 25 heavy (non-hydrogen) atoms. The minimum Gasteiger partial charge on any atom is -0.361 e. The lowest BCUT2D eigenvalue weighted by Gasteiger charge is -2.31. The lowest BCUT2D eigenvalue weighted by molar-refractivity contribution is 0.0702. The molecule has 8 nitrogen and oxygen atoms in total. The normalized spacial score (nSPS) is 17.8. The summed E-state index contributed by atoms with van der Waals surface area (Å²) in [6.07, 6.45) is 5.18. The van der Waals surface area contributed by atoms with Gasteiger partial charge in [0.25, 0.3) is 11.8 Å². The second-order valence-corrected chi connectivity index (χ2v) is 6.43. The van der Waals surface area contributed by atoms with Gasteiger partial charge in [-0.25, -0.2) is 0 Å². The van der Waals surface area contributed by atoms with Crippen LogP contribution in [0.5, 0.6) is 0 Å². The Hall–Kier alpha value is -2.90. The van der Waals surface area contributed by atoms with Crippen LogP contribution in [0, 0.1) is 13.8 Å². The molecule has 4 heterocycles. The maximum absolute atomic E-state index is 12.6. The molecule has 1 amide bonds. The average molecular weight is 341 g/mol. The molecule has 0 saturated carbocycles. The van der Waals surface area contributed by atoms with E-state index in [0.29, 0.717) is 36.1 Å². The van der Waals surface area contributed by atoms with E-state index in [-0.39, 0.29) is 11.8 Å².